The molecular formula is C17H18F2N2O2S. The summed E-state index contributed by atoms with van der Waals surface area (Å²) >= 11 is 1.40. The lowest BCUT2D eigenvalue weighted by molar-refractivity contribution is -0.0498. The second-order valence-corrected chi connectivity index (χ2v) is 6.71. The van der Waals surface area contributed by atoms with Gasteiger partial charge in [0, 0.05) is 24.5 Å². The van der Waals surface area contributed by atoms with Crippen molar-refractivity contribution in [2.75, 3.05) is 20.1 Å². The summed E-state index contributed by atoms with van der Waals surface area (Å²) in [6.45, 7) is -1.07. The first-order chi connectivity index (χ1) is 11.5. The summed E-state index contributed by atoms with van der Waals surface area (Å²) in [7, 11) is 1.83. The van der Waals surface area contributed by atoms with Crippen molar-refractivity contribution in [1.29, 1.82) is 0 Å². The largest absolute Gasteiger partial charge is 0.435 e. The molecule has 3 rings (SSSR count). The van der Waals surface area contributed by atoms with Crippen LogP contribution in [0, 0.1) is 0 Å². The number of amides is 1. The Morgan fingerprint density at radius 1 is 1.29 bits per heavy atom. The average Bonchev–Trinajstić information content (AvgIpc) is 3.25. The quantitative estimate of drug-likeness (QED) is 0.896. The fourth-order valence-electron chi connectivity index (χ4n) is 2.72. The Hall–Kier alpha value is -1.99. The van der Waals surface area contributed by atoms with E-state index in [4.69, 9.17) is 0 Å². The molecule has 0 saturated carbocycles. The van der Waals surface area contributed by atoms with Crippen molar-refractivity contribution < 1.29 is 18.3 Å². The SMILES string of the molecule is CN(C(=O)c1ccc(-c2ccc(OC(F)F)cc2)s1)C1CCNC1. The van der Waals surface area contributed by atoms with E-state index in [2.05, 4.69) is 10.1 Å². The minimum atomic E-state index is -2.83. The molecule has 0 bridgehead atoms. The predicted molar refractivity (Wildman–Crippen MR) is 89.8 cm³/mol. The number of nitrogens with zero attached hydrogens (tertiary/aromatic N) is 1. The van der Waals surface area contributed by atoms with Gasteiger partial charge in [-0.25, -0.2) is 0 Å². The molecule has 1 amide bonds. The molecule has 2 aromatic rings. The van der Waals surface area contributed by atoms with Crippen molar-refractivity contribution in [2.24, 2.45) is 0 Å². The van der Waals surface area contributed by atoms with E-state index < -0.39 is 6.61 Å². The van der Waals surface area contributed by atoms with Gasteiger partial charge in [0.1, 0.15) is 5.75 Å². The van der Waals surface area contributed by atoms with E-state index in [1.807, 2.05) is 19.2 Å². The normalized spacial score (nSPS) is 17.2. The third-order valence-electron chi connectivity index (χ3n) is 4.08. The van der Waals surface area contributed by atoms with Gasteiger partial charge in [0.2, 0.25) is 0 Å². The Kier molecular flexibility index (Phi) is 5.11. The van der Waals surface area contributed by atoms with Gasteiger partial charge >= 0.3 is 6.61 Å². The van der Waals surface area contributed by atoms with Crippen molar-refractivity contribution in [1.82, 2.24) is 10.2 Å². The highest BCUT2D eigenvalue weighted by atomic mass is 32.1. The van der Waals surface area contributed by atoms with Gasteiger partial charge in [-0.3, -0.25) is 4.79 Å². The summed E-state index contributed by atoms with van der Waals surface area (Å²) in [5.41, 5.74) is 0.867. The molecule has 1 aromatic carbocycles. The molecular weight excluding hydrogens is 334 g/mol. The molecule has 1 saturated heterocycles. The highest BCUT2D eigenvalue weighted by Crippen LogP contribution is 2.30. The van der Waals surface area contributed by atoms with Crippen LogP contribution in [-0.4, -0.2) is 43.6 Å². The van der Waals surface area contributed by atoms with Crippen LogP contribution in [0.5, 0.6) is 5.75 Å². The number of hydrogen-bond acceptors (Lipinski definition) is 4. The number of benzene rings is 1. The second-order valence-electron chi connectivity index (χ2n) is 5.63. The maximum absolute atomic E-state index is 12.6. The second kappa shape index (κ2) is 7.27. The van der Waals surface area contributed by atoms with E-state index in [1.165, 1.54) is 23.5 Å². The first kappa shape index (κ1) is 16.9. The van der Waals surface area contributed by atoms with Crippen molar-refractivity contribution >= 4 is 17.2 Å². The van der Waals surface area contributed by atoms with Gasteiger partial charge in [-0.2, -0.15) is 8.78 Å². The summed E-state index contributed by atoms with van der Waals surface area (Å²) in [5.74, 6) is 0.132. The van der Waals surface area contributed by atoms with E-state index in [0.29, 0.717) is 4.88 Å². The third kappa shape index (κ3) is 3.73. The average molecular weight is 352 g/mol. The van der Waals surface area contributed by atoms with Crippen LogP contribution in [0.4, 0.5) is 8.78 Å². The van der Waals surface area contributed by atoms with E-state index in [9.17, 15) is 13.6 Å². The van der Waals surface area contributed by atoms with Gasteiger partial charge in [-0.1, -0.05) is 0 Å². The van der Waals surface area contributed by atoms with Gasteiger partial charge in [-0.15, -0.1) is 11.3 Å². The fraction of sp³-hybridized carbons (Fsp3) is 0.353. The van der Waals surface area contributed by atoms with Crippen LogP contribution >= 0.6 is 11.3 Å². The Morgan fingerprint density at radius 2 is 2.04 bits per heavy atom. The summed E-state index contributed by atoms with van der Waals surface area (Å²) in [6.07, 6.45) is 0.964. The van der Waals surface area contributed by atoms with Gasteiger partial charge in [0.15, 0.2) is 0 Å². The van der Waals surface area contributed by atoms with Crippen LogP contribution in [-0.2, 0) is 0 Å². The first-order valence-corrected chi connectivity index (χ1v) is 8.49. The molecule has 128 valence electrons. The highest BCUT2D eigenvalue weighted by Gasteiger charge is 2.25. The van der Waals surface area contributed by atoms with Crippen LogP contribution in [0.2, 0.25) is 0 Å². The smallest absolute Gasteiger partial charge is 0.387 e. The topological polar surface area (TPSA) is 41.6 Å². The number of ether oxygens (including phenoxy) is 1. The zero-order valence-electron chi connectivity index (χ0n) is 13.2. The summed E-state index contributed by atoms with van der Waals surface area (Å²) in [6, 6.07) is 10.3. The van der Waals surface area contributed by atoms with Crippen molar-refractivity contribution in [2.45, 2.75) is 19.1 Å². The monoisotopic (exact) mass is 352 g/mol. The van der Waals surface area contributed by atoms with Crippen LogP contribution in [0.25, 0.3) is 10.4 Å². The lowest BCUT2D eigenvalue weighted by Crippen LogP contribution is -2.37. The Bertz CT molecular complexity index is 697. The minimum Gasteiger partial charge on any atom is -0.435 e. The number of alkyl halides is 2. The van der Waals surface area contributed by atoms with Crippen molar-refractivity contribution in [3.8, 4) is 16.2 Å². The van der Waals surface area contributed by atoms with E-state index in [1.54, 1.807) is 17.0 Å². The molecule has 1 unspecified atom stereocenters. The molecule has 1 aliphatic rings. The number of likely N-dealkylation sites (N-methyl/N-ethyl adjacent to an activating group) is 1. The molecule has 4 nitrogen and oxygen atoms in total. The highest BCUT2D eigenvalue weighted by molar-refractivity contribution is 7.17. The lowest BCUT2D eigenvalue weighted by Gasteiger charge is -2.22. The zero-order chi connectivity index (χ0) is 17.1. The van der Waals surface area contributed by atoms with Gasteiger partial charge < -0.3 is 15.0 Å². The van der Waals surface area contributed by atoms with E-state index >= 15 is 0 Å². The van der Waals surface area contributed by atoms with E-state index in [0.717, 1.165) is 30.0 Å². The Balaban J connectivity index is 1.71. The first-order valence-electron chi connectivity index (χ1n) is 7.67. The van der Waals surface area contributed by atoms with Crippen molar-refractivity contribution in [3.05, 3.63) is 41.3 Å². The molecule has 24 heavy (non-hydrogen) atoms. The van der Waals surface area contributed by atoms with Crippen molar-refractivity contribution in [3.63, 3.8) is 0 Å². The standard InChI is InChI=1S/C17H18F2N2O2S/c1-21(12-8-9-20-10-12)16(22)15-7-6-14(24-15)11-2-4-13(5-3-11)23-17(18)19/h2-7,12,17,20H,8-10H2,1H3. The van der Waals surface area contributed by atoms with Gasteiger partial charge in [-0.05, 0) is 54.9 Å². The number of nitrogens with one attached hydrogen (secondary N) is 1. The van der Waals surface area contributed by atoms with Crippen LogP contribution in [0.3, 0.4) is 0 Å². The summed E-state index contributed by atoms with van der Waals surface area (Å²) < 4.78 is 28.7. The zero-order valence-corrected chi connectivity index (χ0v) is 14.0. The third-order valence-corrected chi connectivity index (χ3v) is 5.21. The molecule has 1 fully saturated rings. The van der Waals surface area contributed by atoms with Gasteiger partial charge in [0.25, 0.3) is 5.91 Å². The Labute approximate surface area is 143 Å². The molecule has 0 aliphatic carbocycles. The van der Waals surface area contributed by atoms with Crippen LogP contribution in [0.15, 0.2) is 36.4 Å². The molecule has 1 N–H and O–H groups in total. The molecule has 1 aliphatic heterocycles. The number of carbonyl (C=O) groups excluding carboxylic acids is 1. The molecule has 0 spiro atoms. The van der Waals surface area contributed by atoms with Gasteiger partial charge in [0.05, 0.1) is 4.88 Å². The maximum atomic E-state index is 12.6. The number of thiophene rings is 1. The lowest BCUT2D eigenvalue weighted by atomic mass is 10.2. The molecule has 2 heterocycles. The van der Waals surface area contributed by atoms with Crippen LogP contribution < -0.4 is 10.1 Å². The number of halogens is 2. The summed E-state index contributed by atoms with van der Waals surface area (Å²) in [5, 5.41) is 3.25. The number of carbonyl (C=O) groups is 1. The number of hydrogen-bond donors (Lipinski definition) is 1. The maximum Gasteiger partial charge on any atom is 0.387 e. The van der Waals surface area contributed by atoms with E-state index in [-0.39, 0.29) is 17.7 Å². The number of rotatable bonds is 5. The molecule has 1 aromatic heterocycles. The molecule has 7 heteroatoms. The summed E-state index contributed by atoms with van der Waals surface area (Å²) in [4.78, 5) is 15.9. The molecule has 1 atom stereocenters. The van der Waals surface area contributed by atoms with Crippen LogP contribution in [0.1, 0.15) is 16.1 Å². The predicted octanol–water partition coefficient (Wildman–Crippen LogP) is 3.45. The molecule has 0 radical (unpaired) electrons. The fourth-order valence-corrected chi connectivity index (χ4v) is 3.71. The Morgan fingerprint density at radius 3 is 2.67 bits per heavy atom. The minimum absolute atomic E-state index is 0.0117.